The largest absolute Gasteiger partial charge is 0.244 e. The van der Waals surface area contributed by atoms with Crippen molar-refractivity contribution in [2.75, 3.05) is 0 Å². The van der Waals surface area contributed by atoms with Crippen LogP contribution in [0.25, 0.3) is 0 Å². The fourth-order valence-corrected chi connectivity index (χ4v) is 2.64. The summed E-state index contributed by atoms with van der Waals surface area (Å²) in [6.07, 6.45) is 1.77. The predicted octanol–water partition coefficient (Wildman–Crippen LogP) is 4.85. The van der Waals surface area contributed by atoms with Gasteiger partial charge in [-0.25, -0.2) is 4.98 Å². The van der Waals surface area contributed by atoms with Crippen LogP contribution in [0.1, 0.15) is 5.56 Å². The average molecular weight is 270 g/mol. The molecule has 0 aliphatic heterocycles. The third-order valence-electron chi connectivity index (χ3n) is 2.08. The number of halogens is 2. The van der Waals surface area contributed by atoms with Crippen LogP contribution in [0.5, 0.6) is 0 Å². The van der Waals surface area contributed by atoms with Crippen LogP contribution in [0.15, 0.2) is 46.3 Å². The first-order valence-electron chi connectivity index (χ1n) is 4.71. The molecule has 0 atom stereocenters. The zero-order chi connectivity index (χ0) is 11.5. The van der Waals surface area contributed by atoms with Crippen LogP contribution >= 0.6 is 35.0 Å². The van der Waals surface area contributed by atoms with Crippen molar-refractivity contribution in [3.8, 4) is 0 Å². The Bertz CT molecular complexity index is 514. The quantitative estimate of drug-likeness (QED) is 0.723. The lowest BCUT2D eigenvalue weighted by molar-refractivity contribution is 1.18. The summed E-state index contributed by atoms with van der Waals surface area (Å²) >= 11 is 13.6. The molecule has 1 nitrogen and oxygen atoms in total. The molecule has 2 rings (SSSR count). The van der Waals surface area contributed by atoms with Gasteiger partial charge >= 0.3 is 0 Å². The Morgan fingerprint density at radius 3 is 2.62 bits per heavy atom. The average Bonchev–Trinajstić information content (AvgIpc) is 2.27. The van der Waals surface area contributed by atoms with Crippen molar-refractivity contribution in [1.82, 2.24) is 4.98 Å². The highest BCUT2D eigenvalue weighted by molar-refractivity contribution is 7.99. The first-order valence-corrected chi connectivity index (χ1v) is 6.28. The molecule has 16 heavy (non-hydrogen) atoms. The Balaban J connectivity index is 2.34. The Kier molecular flexibility index (Phi) is 3.74. The summed E-state index contributed by atoms with van der Waals surface area (Å²) in [4.78, 5) is 6.12. The van der Waals surface area contributed by atoms with Gasteiger partial charge in [0.25, 0.3) is 0 Å². The van der Waals surface area contributed by atoms with Crippen LogP contribution in [-0.4, -0.2) is 4.98 Å². The molecule has 0 bridgehead atoms. The lowest BCUT2D eigenvalue weighted by Gasteiger charge is -2.06. The van der Waals surface area contributed by atoms with Gasteiger partial charge in [0.1, 0.15) is 5.15 Å². The number of rotatable bonds is 2. The smallest absolute Gasteiger partial charge is 0.130 e. The second kappa shape index (κ2) is 5.09. The van der Waals surface area contributed by atoms with Crippen molar-refractivity contribution in [3.63, 3.8) is 0 Å². The van der Waals surface area contributed by atoms with Gasteiger partial charge in [-0.15, -0.1) is 0 Å². The van der Waals surface area contributed by atoms with E-state index >= 15 is 0 Å². The number of aromatic nitrogens is 1. The highest BCUT2D eigenvalue weighted by Crippen LogP contribution is 2.35. The van der Waals surface area contributed by atoms with Crippen molar-refractivity contribution in [1.29, 1.82) is 0 Å². The topological polar surface area (TPSA) is 12.9 Å². The van der Waals surface area contributed by atoms with E-state index in [9.17, 15) is 0 Å². The molecule has 2 aromatic rings. The molecule has 0 N–H and O–H groups in total. The maximum Gasteiger partial charge on any atom is 0.130 e. The molecule has 0 aliphatic rings. The van der Waals surface area contributed by atoms with Gasteiger partial charge in [-0.3, -0.25) is 0 Å². The molecule has 1 aromatic carbocycles. The molecule has 1 heterocycles. The van der Waals surface area contributed by atoms with E-state index in [1.54, 1.807) is 18.0 Å². The van der Waals surface area contributed by atoms with Gasteiger partial charge in [-0.1, -0.05) is 47.1 Å². The number of pyridine rings is 1. The van der Waals surface area contributed by atoms with Gasteiger partial charge in [0.05, 0.1) is 5.02 Å². The third kappa shape index (κ3) is 2.70. The Hall–Kier alpha value is -0.700. The van der Waals surface area contributed by atoms with Crippen LogP contribution < -0.4 is 0 Å². The molecular weight excluding hydrogens is 261 g/mol. The van der Waals surface area contributed by atoms with E-state index in [-0.39, 0.29) is 0 Å². The highest BCUT2D eigenvalue weighted by atomic mass is 35.5. The zero-order valence-electron chi connectivity index (χ0n) is 8.58. The van der Waals surface area contributed by atoms with Crippen molar-refractivity contribution in [3.05, 3.63) is 52.3 Å². The zero-order valence-corrected chi connectivity index (χ0v) is 10.9. The number of nitrogens with zero attached hydrogens (tertiary/aromatic N) is 1. The molecule has 0 saturated heterocycles. The summed E-state index contributed by atoms with van der Waals surface area (Å²) in [6.45, 7) is 2.00. The molecule has 1 aromatic heterocycles. The molecule has 0 aliphatic carbocycles. The van der Waals surface area contributed by atoms with Gasteiger partial charge in [0.15, 0.2) is 0 Å². The second-order valence-corrected chi connectivity index (χ2v) is 5.18. The van der Waals surface area contributed by atoms with Crippen molar-refractivity contribution >= 4 is 35.0 Å². The second-order valence-electron chi connectivity index (χ2n) is 3.31. The molecule has 0 unspecified atom stereocenters. The van der Waals surface area contributed by atoms with Crippen molar-refractivity contribution in [2.24, 2.45) is 0 Å². The molecule has 0 amide bonds. The summed E-state index contributed by atoms with van der Waals surface area (Å²) in [7, 11) is 0. The van der Waals surface area contributed by atoms with E-state index in [4.69, 9.17) is 23.2 Å². The standard InChI is InChI=1S/C12H9Cl2NS/c1-8-7-15-12(14)6-11(8)16-10-5-3-2-4-9(10)13/h2-7H,1H3. The highest BCUT2D eigenvalue weighted by Gasteiger charge is 2.05. The van der Waals surface area contributed by atoms with Crippen molar-refractivity contribution in [2.45, 2.75) is 16.7 Å². The summed E-state index contributed by atoms with van der Waals surface area (Å²) in [6, 6.07) is 9.60. The van der Waals surface area contributed by atoms with Gasteiger partial charge in [-0.2, -0.15) is 0 Å². The molecule has 0 saturated carbocycles. The summed E-state index contributed by atoms with van der Waals surface area (Å²) in [5.41, 5.74) is 1.09. The normalized spacial score (nSPS) is 10.4. The van der Waals surface area contributed by atoms with E-state index < -0.39 is 0 Å². The van der Waals surface area contributed by atoms with E-state index in [1.165, 1.54) is 0 Å². The van der Waals surface area contributed by atoms with Gasteiger partial charge in [-0.05, 0) is 30.7 Å². The first-order chi connectivity index (χ1) is 7.66. The Labute approximate surface area is 109 Å². The van der Waals surface area contributed by atoms with Crippen LogP contribution in [0.2, 0.25) is 10.2 Å². The molecule has 0 radical (unpaired) electrons. The molecule has 4 heteroatoms. The van der Waals surface area contributed by atoms with E-state index in [0.717, 1.165) is 20.4 Å². The van der Waals surface area contributed by atoms with Gasteiger partial charge in [0.2, 0.25) is 0 Å². The maximum absolute atomic E-state index is 6.10. The Morgan fingerprint density at radius 1 is 1.12 bits per heavy atom. The lowest BCUT2D eigenvalue weighted by Crippen LogP contribution is -1.83. The first kappa shape index (κ1) is 11.8. The van der Waals surface area contributed by atoms with E-state index in [1.807, 2.05) is 37.3 Å². The Morgan fingerprint density at radius 2 is 1.88 bits per heavy atom. The van der Waals surface area contributed by atoms with Crippen molar-refractivity contribution < 1.29 is 0 Å². The fourth-order valence-electron chi connectivity index (χ4n) is 1.24. The van der Waals surface area contributed by atoms with Crippen LogP contribution in [0, 0.1) is 6.92 Å². The fraction of sp³-hybridized carbons (Fsp3) is 0.0833. The number of benzene rings is 1. The molecule has 82 valence electrons. The minimum atomic E-state index is 0.500. The lowest BCUT2D eigenvalue weighted by atomic mass is 10.3. The molecule has 0 fully saturated rings. The van der Waals surface area contributed by atoms with Crippen LogP contribution in [0.4, 0.5) is 0 Å². The molecular formula is C12H9Cl2NS. The number of hydrogen-bond acceptors (Lipinski definition) is 2. The number of hydrogen-bond donors (Lipinski definition) is 0. The van der Waals surface area contributed by atoms with Gasteiger partial charge < -0.3 is 0 Å². The summed E-state index contributed by atoms with van der Waals surface area (Å²) in [5.74, 6) is 0. The third-order valence-corrected chi connectivity index (χ3v) is 3.96. The monoisotopic (exact) mass is 269 g/mol. The molecule has 0 spiro atoms. The number of aryl methyl sites for hydroxylation is 1. The minimum absolute atomic E-state index is 0.500. The van der Waals surface area contributed by atoms with Crippen LogP contribution in [0.3, 0.4) is 0 Å². The summed E-state index contributed by atoms with van der Waals surface area (Å²) in [5, 5.41) is 1.25. The minimum Gasteiger partial charge on any atom is -0.244 e. The van der Waals surface area contributed by atoms with Crippen LogP contribution in [-0.2, 0) is 0 Å². The van der Waals surface area contributed by atoms with Gasteiger partial charge in [0, 0.05) is 16.0 Å². The van der Waals surface area contributed by atoms with E-state index in [0.29, 0.717) is 5.15 Å². The summed E-state index contributed by atoms with van der Waals surface area (Å²) < 4.78 is 0. The van der Waals surface area contributed by atoms with E-state index in [2.05, 4.69) is 4.98 Å². The SMILES string of the molecule is Cc1cnc(Cl)cc1Sc1ccccc1Cl. The predicted molar refractivity (Wildman–Crippen MR) is 69.6 cm³/mol. The maximum atomic E-state index is 6.10.